The molecule has 3 aromatic rings. The summed E-state index contributed by atoms with van der Waals surface area (Å²) in [5, 5.41) is 15.1. The molecule has 1 atom stereocenters. The van der Waals surface area contributed by atoms with Crippen molar-refractivity contribution in [1.82, 2.24) is 10.2 Å². The second kappa shape index (κ2) is 15.6. The summed E-state index contributed by atoms with van der Waals surface area (Å²) < 4.78 is 34.6. The lowest BCUT2D eigenvalue weighted by atomic mass is 10.1. The number of amides is 2. The predicted octanol–water partition coefficient (Wildman–Crippen LogP) is 6.40. The number of anilines is 1. The number of methoxy groups -OCH3 is 1. The highest BCUT2D eigenvalue weighted by molar-refractivity contribution is 7.92. The maximum absolute atomic E-state index is 14.2. The minimum atomic E-state index is -4.67. The van der Waals surface area contributed by atoms with E-state index >= 15 is 0 Å². The number of nitrogens with one attached hydrogen (secondary N) is 1. The van der Waals surface area contributed by atoms with Crippen molar-refractivity contribution in [3.05, 3.63) is 90.9 Å². The molecule has 3 aromatic carbocycles. The Morgan fingerprint density at radius 3 is 2.33 bits per heavy atom. The molecule has 242 valence electrons. The maximum Gasteiger partial charge on any atom is 0.273 e. The number of nitro benzene ring substituents is 1. The molecule has 0 spiro atoms. The van der Waals surface area contributed by atoms with Crippen molar-refractivity contribution in [3.63, 3.8) is 0 Å². The van der Waals surface area contributed by atoms with Crippen LogP contribution in [0.5, 0.6) is 5.75 Å². The molecular formula is C30H33Cl3N4O7S. The third-order valence-electron chi connectivity index (χ3n) is 7.04. The Morgan fingerprint density at radius 1 is 1.07 bits per heavy atom. The molecular weight excluding hydrogens is 667 g/mol. The molecule has 3 rings (SSSR count). The molecule has 0 saturated heterocycles. The van der Waals surface area contributed by atoms with Crippen LogP contribution in [0.2, 0.25) is 15.1 Å². The lowest BCUT2D eigenvalue weighted by Crippen LogP contribution is -2.51. The van der Waals surface area contributed by atoms with E-state index in [9.17, 15) is 28.1 Å². The minimum Gasteiger partial charge on any atom is -0.495 e. The Kier molecular flexibility index (Phi) is 12.5. The van der Waals surface area contributed by atoms with Gasteiger partial charge in [-0.1, -0.05) is 60.3 Å². The van der Waals surface area contributed by atoms with Crippen LogP contribution in [0, 0.1) is 17.0 Å². The second-order valence-corrected chi connectivity index (χ2v) is 13.2. The van der Waals surface area contributed by atoms with Crippen molar-refractivity contribution in [3.8, 4) is 5.75 Å². The average Bonchev–Trinajstić information content (AvgIpc) is 2.99. The number of halogens is 3. The van der Waals surface area contributed by atoms with E-state index in [0.717, 1.165) is 16.8 Å². The third kappa shape index (κ3) is 8.57. The highest BCUT2D eigenvalue weighted by Crippen LogP contribution is 2.36. The molecule has 0 fully saturated rings. The highest BCUT2D eigenvalue weighted by atomic mass is 35.5. The first kappa shape index (κ1) is 35.9. The summed E-state index contributed by atoms with van der Waals surface area (Å²) in [6.45, 7) is 4.26. The van der Waals surface area contributed by atoms with Crippen LogP contribution in [0.15, 0.2) is 59.5 Å². The number of nitro groups is 1. The summed E-state index contributed by atoms with van der Waals surface area (Å²) in [5.41, 5.74) is 0.0732. The van der Waals surface area contributed by atoms with Gasteiger partial charge in [0.05, 0.1) is 22.6 Å². The molecule has 0 radical (unpaired) electrons. The number of sulfonamides is 1. The van der Waals surface area contributed by atoms with Crippen LogP contribution in [0.3, 0.4) is 0 Å². The van der Waals surface area contributed by atoms with Crippen LogP contribution in [0.1, 0.15) is 37.8 Å². The molecule has 0 aliphatic carbocycles. The molecule has 0 unspecified atom stereocenters. The van der Waals surface area contributed by atoms with Crippen LogP contribution >= 0.6 is 34.8 Å². The first-order valence-electron chi connectivity index (χ1n) is 13.8. The molecule has 0 heterocycles. The third-order valence-corrected chi connectivity index (χ3v) is 9.74. The molecule has 11 nitrogen and oxygen atoms in total. The quantitative estimate of drug-likeness (QED) is 0.117. The monoisotopic (exact) mass is 698 g/mol. The van der Waals surface area contributed by atoms with E-state index in [1.807, 2.05) is 6.92 Å². The van der Waals surface area contributed by atoms with Gasteiger partial charge in [-0.2, -0.15) is 0 Å². The standard InChI is InChI=1S/C30H33Cl3N4O7S/c1-5-6-14-34-30(39)20(3)35(17-23-24(32)8-7-9-25(23)33)29(38)18-36(27-15-21(31)11-13-28(27)44-4)45(42,43)22-12-10-19(2)26(16-22)37(40)41/h7-13,15-16,20H,5-6,14,17-18H2,1-4H3,(H,34,39)/t20-/m1/s1. The zero-order chi connectivity index (χ0) is 33.5. The molecule has 45 heavy (non-hydrogen) atoms. The van der Waals surface area contributed by atoms with Crippen molar-refractivity contribution in [2.45, 2.75) is 51.1 Å². The van der Waals surface area contributed by atoms with Gasteiger partial charge in [-0.15, -0.1) is 0 Å². The number of benzene rings is 3. The molecule has 0 bridgehead atoms. The molecule has 15 heteroatoms. The fraction of sp³-hybridized carbons (Fsp3) is 0.333. The largest absolute Gasteiger partial charge is 0.495 e. The number of carbonyl (C=O) groups excluding carboxylic acids is 2. The van der Waals surface area contributed by atoms with Gasteiger partial charge in [-0.05, 0) is 56.7 Å². The Morgan fingerprint density at radius 2 is 1.73 bits per heavy atom. The fourth-order valence-corrected chi connectivity index (χ4v) is 6.54. The summed E-state index contributed by atoms with van der Waals surface area (Å²) in [6, 6.07) is 11.3. The van der Waals surface area contributed by atoms with E-state index in [1.54, 1.807) is 18.2 Å². The second-order valence-electron chi connectivity index (χ2n) is 10.1. The summed E-state index contributed by atoms with van der Waals surface area (Å²) in [5.74, 6) is -1.20. The number of hydrogen-bond acceptors (Lipinski definition) is 7. The molecule has 1 N–H and O–H groups in total. The predicted molar refractivity (Wildman–Crippen MR) is 175 cm³/mol. The number of unbranched alkanes of at least 4 members (excludes halogenated alkanes) is 1. The molecule has 0 aliphatic heterocycles. The summed E-state index contributed by atoms with van der Waals surface area (Å²) in [4.78, 5) is 39.1. The topological polar surface area (TPSA) is 139 Å². The van der Waals surface area contributed by atoms with Crippen molar-refractivity contribution in [2.24, 2.45) is 0 Å². The number of rotatable bonds is 14. The zero-order valence-electron chi connectivity index (χ0n) is 25.1. The lowest BCUT2D eigenvalue weighted by molar-refractivity contribution is -0.385. The molecule has 0 aromatic heterocycles. The Hall–Kier alpha value is -3.58. The number of aryl methyl sites for hydroxylation is 1. The van der Waals surface area contributed by atoms with Crippen LogP contribution in [0.4, 0.5) is 11.4 Å². The van der Waals surface area contributed by atoms with Gasteiger partial charge >= 0.3 is 0 Å². The first-order chi connectivity index (χ1) is 21.2. The van der Waals surface area contributed by atoms with Crippen molar-refractivity contribution < 1.29 is 27.7 Å². The van der Waals surface area contributed by atoms with E-state index in [-0.39, 0.29) is 38.6 Å². The van der Waals surface area contributed by atoms with Gasteiger partial charge in [0.15, 0.2) is 0 Å². The van der Waals surface area contributed by atoms with Gasteiger partial charge < -0.3 is 15.0 Å². The van der Waals surface area contributed by atoms with E-state index in [1.165, 1.54) is 56.2 Å². The zero-order valence-corrected chi connectivity index (χ0v) is 28.1. The molecule has 0 aliphatic rings. The highest BCUT2D eigenvalue weighted by Gasteiger charge is 2.35. The fourth-order valence-electron chi connectivity index (χ4n) is 4.42. The Bertz CT molecular complexity index is 1670. The van der Waals surface area contributed by atoms with Crippen molar-refractivity contribution in [2.75, 3.05) is 24.5 Å². The van der Waals surface area contributed by atoms with Crippen LogP contribution in [0.25, 0.3) is 0 Å². The van der Waals surface area contributed by atoms with Gasteiger partial charge in [-0.25, -0.2) is 8.42 Å². The normalized spacial score (nSPS) is 11.9. The smallest absolute Gasteiger partial charge is 0.273 e. The maximum atomic E-state index is 14.2. The van der Waals surface area contributed by atoms with Crippen molar-refractivity contribution >= 4 is 68.0 Å². The summed E-state index contributed by atoms with van der Waals surface area (Å²) in [7, 11) is -3.36. The summed E-state index contributed by atoms with van der Waals surface area (Å²) >= 11 is 19.1. The summed E-state index contributed by atoms with van der Waals surface area (Å²) in [6.07, 6.45) is 1.55. The van der Waals surface area contributed by atoms with Crippen LogP contribution in [-0.2, 0) is 26.2 Å². The van der Waals surface area contributed by atoms with E-state index in [4.69, 9.17) is 39.5 Å². The first-order valence-corrected chi connectivity index (χ1v) is 16.4. The Labute approximate surface area is 277 Å². The SMILES string of the molecule is CCCCNC(=O)[C@@H](C)N(Cc1c(Cl)cccc1Cl)C(=O)CN(c1cc(Cl)ccc1OC)S(=O)(=O)c1ccc(C)c([N+](=O)[O-])c1. The number of nitrogens with zero attached hydrogens (tertiary/aromatic N) is 3. The van der Waals surface area contributed by atoms with Crippen LogP contribution in [-0.4, -0.2) is 56.3 Å². The number of hydrogen-bond donors (Lipinski definition) is 1. The van der Waals surface area contributed by atoms with Gasteiger partial charge in [0.1, 0.15) is 18.3 Å². The van der Waals surface area contributed by atoms with Crippen LogP contribution < -0.4 is 14.4 Å². The van der Waals surface area contributed by atoms with Gasteiger partial charge in [0.25, 0.3) is 15.7 Å². The van der Waals surface area contributed by atoms with E-state index in [2.05, 4.69) is 5.32 Å². The lowest BCUT2D eigenvalue weighted by Gasteiger charge is -2.32. The van der Waals surface area contributed by atoms with Gasteiger partial charge in [0, 0.05) is 45.4 Å². The molecule has 2 amide bonds. The van der Waals surface area contributed by atoms with E-state index < -0.39 is 49.9 Å². The minimum absolute atomic E-state index is 0.0587. The number of ether oxygens (including phenoxy) is 1. The van der Waals surface area contributed by atoms with E-state index in [0.29, 0.717) is 18.5 Å². The average molecular weight is 700 g/mol. The Balaban J connectivity index is 2.17. The van der Waals surface area contributed by atoms with Crippen molar-refractivity contribution in [1.29, 1.82) is 0 Å². The molecule has 0 saturated carbocycles. The van der Waals surface area contributed by atoms with Gasteiger partial charge in [0.2, 0.25) is 11.8 Å². The number of carbonyl (C=O) groups is 2. The van der Waals surface area contributed by atoms with Gasteiger partial charge in [-0.3, -0.25) is 24.0 Å².